The minimum absolute atomic E-state index is 0.245. The third kappa shape index (κ3) is 4.02. The smallest absolute Gasteiger partial charge is 0.188 e. The molecule has 0 amide bonds. The summed E-state index contributed by atoms with van der Waals surface area (Å²) in [4.78, 5) is 20.7. The maximum absolute atomic E-state index is 4.80. The Morgan fingerprint density at radius 1 is 1.16 bits per heavy atom. The molecule has 3 aromatic heterocycles. The highest BCUT2D eigenvalue weighted by Crippen LogP contribution is 2.31. The molecule has 1 aliphatic heterocycles. The van der Waals surface area contributed by atoms with Gasteiger partial charge in [0, 0.05) is 34.9 Å². The van der Waals surface area contributed by atoms with Crippen LogP contribution in [0, 0.1) is 6.92 Å². The van der Waals surface area contributed by atoms with Crippen LogP contribution in [0.15, 0.2) is 29.2 Å². The maximum atomic E-state index is 4.80. The number of rotatable bonds is 5. The molecule has 1 N–H and O–H groups in total. The number of nitrogens with one attached hydrogen (secondary N) is 1. The van der Waals surface area contributed by atoms with Crippen LogP contribution in [-0.4, -0.2) is 31.4 Å². The van der Waals surface area contributed by atoms with Gasteiger partial charge in [-0.15, -0.1) is 22.7 Å². The summed E-state index contributed by atoms with van der Waals surface area (Å²) >= 11 is 3.28. The lowest BCUT2D eigenvalue weighted by Gasteiger charge is -2.34. The van der Waals surface area contributed by atoms with Gasteiger partial charge in [0.2, 0.25) is 0 Å². The Labute approximate surface area is 155 Å². The van der Waals surface area contributed by atoms with Crippen LogP contribution in [0.4, 0.5) is 10.9 Å². The predicted molar refractivity (Wildman–Crippen MR) is 101 cm³/mol. The molecular weight excluding hydrogens is 352 g/mol. The number of hydrogen-bond acceptors (Lipinski definition) is 8. The molecule has 0 radical (unpaired) electrons. The lowest BCUT2D eigenvalue weighted by atomic mass is 10.0. The van der Waals surface area contributed by atoms with Gasteiger partial charge in [0.25, 0.3) is 0 Å². The molecule has 3 aromatic rings. The number of nitrogens with zero attached hydrogens (tertiary/aromatic N) is 5. The molecule has 0 spiro atoms. The van der Waals surface area contributed by atoms with Crippen LogP contribution in [0.3, 0.4) is 0 Å². The van der Waals surface area contributed by atoms with Crippen molar-refractivity contribution in [2.24, 2.45) is 0 Å². The molecule has 6 nitrogen and oxygen atoms in total. The van der Waals surface area contributed by atoms with E-state index >= 15 is 0 Å². The fourth-order valence-electron chi connectivity index (χ4n) is 3.18. The molecule has 4 heterocycles. The van der Waals surface area contributed by atoms with Gasteiger partial charge in [-0.05, 0) is 26.3 Å². The highest BCUT2D eigenvalue weighted by atomic mass is 32.1. The van der Waals surface area contributed by atoms with Crippen LogP contribution >= 0.6 is 22.7 Å². The number of aryl methyl sites for hydroxylation is 1. The molecule has 0 aliphatic carbocycles. The first-order valence-electron chi connectivity index (χ1n) is 8.42. The van der Waals surface area contributed by atoms with Gasteiger partial charge in [0.15, 0.2) is 5.13 Å². The SMILES string of the molecule is Cc1cc(Nc2nccs2)nc(C2CCCCN2Cc2nccs2)n1. The molecular formula is C17H20N6S2. The number of hydrogen-bond donors (Lipinski definition) is 1. The van der Waals surface area contributed by atoms with Gasteiger partial charge in [0.1, 0.15) is 16.6 Å². The molecule has 1 fully saturated rings. The quantitative estimate of drug-likeness (QED) is 0.725. The van der Waals surface area contributed by atoms with E-state index in [9.17, 15) is 0 Å². The second-order valence-corrected chi connectivity index (χ2v) is 8.00. The molecule has 1 atom stereocenters. The standard InChI is InChI=1S/C17H20N6S2/c1-12-10-14(22-17-19-6-9-25-17)21-16(20-12)13-4-2-3-7-23(13)11-15-18-5-8-24-15/h5-6,8-10,13H,2-4,7,11H2,1H3,(H,19,20,21,22). The van der Waals surface area contributed by atoms with Crippen molar-refractivity contribution in [3.05, 3.63) is 45.7 Å². The van der Waals surface area contributed by atoms with E-state index in [2.05, 4.69) is 20.2 Å². The van der Waals surface area contributed by atoms with E-state index in [0.29, 0.717) is 0 Å². The van der Waals surface area contributed by atoms with E-state index in [4.69, 9.17) is 9.97 Å². The fraction of sp³-hybridized carbons (Fsp3) is 0.412. The topological polar surface area (TPSA) is 66.8 Å². The largest absolute Gasteiger partial charge is 0.316 e. The van der Waals surface area contributed by atoms with E-state index in [-0.39, 0.29) is 6.04 Å². The van der Waals surface area contributed by atoms with Crippen LogP contribution in [-0.2, 0) is 6.54 Å². The van der Waals surface area contributed by atoms with Crippen molar-refractivity contribution in [1.29, 1.82) is 0 Å². The average molecular weight is 373 g/mol. The Bertz CT molecular complexity index is 803. The molecule has 25 heavy (non-hydrogen) atoms. The van der Waals surface area contributed by atoms with Gasteiger partial charge in [-0.2, -0.15) is 0 Å². The van der Waals surface area contributed by atoms with Crippen molar-refractivity contribution in [3.8, 4) is 0 Å². The number of anilines is 2. The van der Waals surface area contributed by atoms with Crippen LogP contribution in [0.2, 0.25) is 0 Å². The predicted octanol–water partition coefficient (Wildman–Crippen LogP) is 4.17. The monoisotopic (exact) mass is 372 g/mol. The van der Waals surface area contributed by atoms with Gasteiger partial charge in [-0.25, -0.2) is 19.9 Å². The lowest BCUT2D eigenvalue weighted by molar-refractivity contribution is 0.133. The summed E-state index contributed by atoms with van der Waals surface area (Å²) in [5.74, 6) is 1.72. The minimum atomic E-state index is 0.245. The maximum Gasteiger partial charge on any atom is 0.188 e. The van der Waals surface area contributed by atoms with Crippen LogP contribution in [0.5, 0.6) is 0 Å². The second kappa shape index (κ2) is 7.55. The van der Waals surface area contributed by atoms with Crippen molar-refractivity contribution in [2.45, 2.75) is 38.8 Å². The Kier molecular flexibility index (Phi) is 5.00. The molecule has 0 saturated carbocycles. The van der Waals surface area contributed by atoms with E-state index < -0.39 is 0 Å². The first-order chi connectivity index (χ1) is 12.3. The normalized spacial score (nSPS) is 18.4. The summed E-state index contributed by atoms with van der Waals surface area (Å²) in [5.41, 5.74) is 0.976. The second-order valence-electron chi connectivity index (χ2n) is 6.12. The van der Waals surface area contributed by atoms with Gasteiger partial charge in [-0.3, -0.25) is 4.90 Å². The number of aromatic nitrogens is 4. The molecule has 1 saturated heterocycles. The van der Waals surface area contributed by atoms with Crippen molar-refractivity contribution in [1.82, 2.24) is 24.8 Å². The summed E-state index contributed by atoms with van der Waals surface area (Å²) in [6, 6.07) is 2.22. The van der Waals surface area contributed by atoms with E-state index in [1.807, 2.05) is 29.9 Å². The molecule has 8 heteroatoms. The zero-order chi connectivity index (χ0) is 17.1. The zero-order valence-corrected chi connectivity index (χ0v) is 15.7. The van der Waals surface area contributed by atoms with E-state index in [0.717, 1.165) is 47.0 Å². The van der Waals surface area contributed by atoms with Crippen molar-refractivity contribution < 1.29 is 0 Å². The first-order valence-corrected chi connectivity index (χ1v) is 10.2. The van der Waals surface area contributed by atoms with Crippen molar-refractivity contribution in [3.63, 3.8) is 0 Å². The summed E-state index contributed by atoms with van der Waals surface area (Å²) < 4.78 is 0. The fourth-order valence-corrected chi connectivity index (χ4v) is 4.35. The zero-order valence-electron chi connectivity index (χ0n) is 14.1. The van der Waals surface area contributed by atoms with Crippen molar-refractivity contribution in [2.75, 3.05) is 11.9 Å². The Balaban J connectivity index is 1.58. The molecule has 130 valence electrons. The highest BCUT2D eigenvalue weighted by Gasteiger charge is 2.27. The van der Waals surface area contributed by atoms with Crippen LogP contribution in [0.1, 0.15) is 41.8 Å². The number of likely N-dealkylation sites (tertiary alicyclic amines) is 1. The summed E-state index contributed by atoms with van der Waals surface area (Å²) in [7, 11) is 0. The number of thiazole rings is 2. The Morgan fingerprint density at radius 2 is 2.04 bits per heavy atom. The minimum Gasteiger partial charge on any atom is -0.316 e. The first kappa shape index (κ1) is 16.6. The summed E-state index contributed by atoms with van der Waals surface area (Å²) in [5, 5.41) is 9.29. The molecule has 1 unspecified atom stereocenters. The van der Waals surface area contributed by atoms with Crippen molar-refractivity contribution >= 4 is 33.6 Å². The van der Waals surface area contributed by atoms with Gasteiger partial charge < -0.3 is 5.32 Å². The van der Waals surface area contributed by atoms with Crippen LogP contribution in [0.25, 0.3) is 0 Å². The Hall–Kier alpha value is -1.90. The van der Waals surface area contributed by atoms with E-state index in [1.54, 1.807) is 28.9 Å². The van der Waals surface area contributed by atoms with Gasteiger partial charge >= 0.3 is 0 Å². The molecule has 0 bridgehead atoms. The highest BCUT2D eigenvalue weighted by molar-refractivity contribution is 7.13. The third-order valence-electron chi connectivity index (χ3n) is 4.27. The molecule has 4 rings (SSSR count). The Morgan fingerprint density at radius 3 is 2.84 bits per heavy atom. The van der Waals surface area contributed by atoms with Gasteiger partial charge in [-0.1, -0.05) is 6.42 Å². The molecule has 0 aromatic carbocycles. The van der Waals surface area contributed by atoms with E-state index in [1.165, 1.54) is 12.8 Å². The summed E-state index contributed by atoms with van der Waals surface area (Å²) in [6.45, 7) is 3.96. The molecule has 1 aliphatic rings. The average Bonchev–Trinajstić information content (AvgIpc) is 3.29. The lowest BCUT2D eigenvalue weighted by Crippen LogP contribution is -2.34. The number of piperidine rings is 1. The van der Waals surface area contributed by atoms with Crippen LogP contribution < -0.4 is 5.32 Å². The third-order valence-corrected chi connectivity index (χ3v) is 5.73. The van der Waals surface area contributed by atoms with Gasteiger partial charge in [0.05, 0.1) is 12.6 Å². The summed E-state index contributed by atoms with van der Waals surface area (Å²) in [6.07, 6.45) is 7.19.